The summed E-state index contributed by atoms with van der Waals surface area (Å²) in [6.07, 6.45) is 1.37. The quantitative estimate of drug-likeness (QED) is 0.526. The molecule has 2 aromatic rings. The minimum Gasteiger partial charge on any atom is -0.493 e. The number of hydrazone groups is 1. The lowest BCUT2D eigenvalue weighted by Gasteiger charge is -2.21. The number of hydrogen-bond acceptors (Lipinski definition) is 8. The fourth-order valence-corrected chi connectivity index (χ4v) is 4.16. The highest BCUT2D eigenvalue weighted by molar-refractivity contribution is 9.10. The highest BCUT2D eigenvalue weighted by atomic mass is 79.9. The Hall–Kier alpha value is -2.79. The van der Waals surface area contributed by atoms with E-state index in [9.17, 15) is 14.4 Å². The molecule has 9 nitrogen and oxygen atoms in total. The molecule has 0 radical (unpaired) electrons. The van der Waals surface area contributed by atoms with Crippen molar-refractivity contribution in [2.24, 2.45) is 5.10 Å². The number of carbonyl (C=O) groups is 3. The molecule has 1 aliphatic heterocycles. The van der Waals surface area contributed by atoms with E-state index in [1.54, 1.807) is 18.2 Å². The van der Waals surface area contributed by atoms with Gasteiger partial charge >= 0.3 is 5.97 Å². The molecule has 2 heterocycles. The monoisotopic (exact) mass is 481 g/mol. The SMILES string of the molecule is COc1cc(C2SC(NC(C)=O)=NN2C(C)=O)cc(Br)c1OC(=O)c1ccco1. The molecule has 11 heteroatoms. The third kappa shape index (κ3) is 4.62. The van der Waals surface area contributed by atoms with Crippen LogP contribution in [0.25, 0.3) is 0 Å². The second kappa shape index (κ2) is 8.70. The van der Waals surface area contributed by atoms with Crippen LogP contribution in [0, 0.1) is 0 Å². The number of nitrogens with one attached hydrogen (secondary N) is 1. The van der Waals surface area contributed by atoms with Gasteiger partial charge in [-0.1, -0.05) is 11.8 Å². The van der Waals surface area contributed by atoms with Gasteiger partial charge in [-0.05, 0) is 45.8 Å². The van der Waals surface area contributed by atoms with Gasteiger partial charge in [0.15, 0.2) is 16.7 Å². The number of nitrogens with zero attached hydrogens (tertiary/aromatic N) is 2. The van der Waals surface area contributed by atoms with Crippen molar-refractivity contribution in [3.05, 3.63) is 46.3 Å². The second-order valence-electron chi connectivity index (χ2n) is 5.82. The number of amides is 2. The molecule has 0 bridgehead atoms. The molecule has 3 rings (SSSR count). The van der Waals surface area contributed by atoms with Crippen molar-refractivity contribution in [2.45, 2.75) is 19.2 Å². The molecule has 0 saturated heterocycles. The molecule has 1 atom stereocenters. The maximum absolute atomic E-state index is 12.2. The molecule has 0 fully saturated rings. The molecular formula is C18H16BrN3O6S. The summed E-state index contributed by atoms with van der Waals surface area (Å²) in [5, 5.41) is 7.76. The average Bonchev–Trinajstić information content (AvgIpc) is 3.32. The summed E-state index contributed by atoms with van der Waals surface area (Å²) < 4.78 is 16.2. The van der Waals surface area contributed by atoms with E-state index in [-0.39, 0.29) is 29.1 Å². The van der Waals surface area contributed by atoms with Crippen LogP contribution >= 0.6 is 27.7 Å². The number of furan rings is 1. The number of carbonyl (C=O) groups excluding carboxylic acids is 3. The molecule has 2 amide bonds. The Morgan fingerprint density at radius 2 is 2.07 bits per heavy atom. The van der Waals surface area contributed by atoms with Crippen LogP contribution in [-0.4, -0.2) is 35.1 Å². The molecule has 1 aliphatic rings. The Kier molecular flexibility index (Phi) is 6.28. The minimum absolute atomic E-state index is 0.0467. The first-order valence-electron chi connectivity index (χ1n) is 8.26. The van der Waals surface area contributed by atoms with Crippen molar-refractivity contribution in [1.29, 1.82) is 0 Å². The van der Waals surface area contributed by atoms with Crippen molar-refractivity contribution in [1.82, 2.24) is 10.3 Å². The van der Waals surface area contributed by atoms with Crippen molar-refractivity contribution in [2.75, 3.05) is 7.11 Å². The second-order valence-corrected chi connectivity index (χ2v) is 7.74. The van der Waals surface area contributed by atoms with E-state index in [2.05, 4.69) is 26.3 Å². The van der Waals surface area contributed by atoms with E-state index in [4.69, 9.17) is 13.9 Å². The minimum atomic E-state index is -0.682. The Morgan fingerprint density at radius 1 is 1.31 bits per heavy atom. The highest BCUT2D eigenvalue weighted by Crippen LogP contribution is 2.44. The van der Waals surface area contributed by atoms with Gasteiger partial charge in [0.1, 0.15) is 5.37 Å². The molecule has 0 saturated carbocycles. The zero-order chi connectivity index (χ0) is 21.1. The summed E-state index contributed by atoms with van der Waals surface area (Å²) in [7, 11) is 1.43. The third-order valence-corrected chi connectivity index (χ3v) is 5.39. The summed E-state index contributed by atoms with van der Waals surface area (Å²) in [6.45, 7) is 2.73. The Balaban J connectivity index is 1.91. The van der Waals surface area contributed by atoms with Crippen molar-refractivity contribution in [3.63, 3.8) is 0 Å². The van der Waals surface area contributed by atoms with E-state index in [0.29, 0.717) is 15.2 Å². The van der Waals surface area contributed by atoms with Crippen LogP contribution < -0.4 is 14.8 Å². The lowest BCUT2D eigenvalue weighted by atomic mass is 10.2. The number of rotatable bonds is 4. The molecule has 29 heavy (non-hydrogen) atoms. The van der Waals surface area contributed by atoms with Gasteiger partial charge in [-0.2, -0.15) is 0 Å². The Bertz CT molecular complexity index is 992. The predicted octanol–water partition coefficient (Wildman–Crippen LogP) is 3.27. The van der Waals surface area contributed by atoms with Crippen LogP contribution in [0.4, 0.5) is 0 Å². The molecule has 0 spiro atoms. The van der Waals surface area contributed by atoms with Crippen LogP contribution in [0.1, 0.15) is 35.3 Å². The number of amidine groups is 1. The number of thioether (sulfide) groups is 1. The first-order valence-corrected chi connectivity index (χ1v) is 9.93. The molecule has 1 aromatic carbocycles. The van der Waals surface area contributed by atoms with E-state index < -0.39 is 11.3 Å². The van der Waals surface area contributed by atoms with Gasteiger partial charge in [-0.25, -0.2) is 9.80 Å². The van der Waals surface area contributed by atoms with Crippen molar-refractivity contribution < 1.29 is 28.3 Å². The third-order valence-electron chi connectivity index (χ3n) is 3.70. The summed E-state index contributed by atoms with van der Waals surface area (Å²) in [5.41, 5.74) is 0.649. The topological polar surface area (TPSA) is 110 Å². The average molecular weight is 482 g/mol. The van der Waals surface area contributed by atoms with Crippen LogP contribution in [-0.2, 0) is 9.59 Å². The molecule has 1 unspecified atom stereocenters. The van der Waals surface area contributed by atoms with E-state index in [0.717, 1.165) is 0 Å². The fraction of sp³-hybridized carbons (Fsp3) is 0.222. The van der Waals surface area contributed by atoms with Crippen molar-refractivity contribution in [3.8, 4) is 11.5 Å². The smallest absolute Gasteiger partial charge is 0.379 e. The lowest BCUT2D eigenvalue weighted by molar-refractivity contribution is -0.129. The van der Waals surface area contributed by atoms with Gasteiger partial charge in [-0.15, -0.1) is 5.10 Å². The first-order chi connectivity index (χ1) is 13.8. The van der Waals surface area contributed by atoms with Crippen LogP contribution in [0.15, 0.2) is 44.5 Å². The standard InChI is InChI=1S/C18H16BrN3O6S/c1-9(23)20-18-21-22(10(2)24)16(29-18)11-7-12(19)15(14(8-11)26-3)28-17(25)13-5-4-6-27-13/h4-8,16H,1-3H3,(H,20,21,23). The van der Waals surface area contributed by atoms with Crippen molar-refractivity contribution >= 4 is 50.6 Å². The number of ether oxygens (including phenoxy) is 2. The molecule has 1 aromatic heterocycles. The summed E-state index contributed by atoms with van der Waals surface area (Å²) >= 11 is 4.58. The van der Waals surface area contributed by atoms with E-state index in [1.807, 2.05) is 0 Å². The Labute approximate surface area is 178 Å². The summed E-state index contributed by atoms with van der Waals surface area (Å²) in [6, 6.07) is 6.38. The molecule has 152 valence electrons. The number of benzene rings is 1. The largest absolute Gasteiger partial charge is 0.493 e. The molecular weight excluding hydrogens is 466 g/mol. The van der Waals surface area contributed by atoms with Gasteiger partial charge in [0, 0.05) is 13.8 Å². The predicted molar refractivity (Wildman–Crippen MR) is 108 cm³/mol. The van der Waals surface area contributed by atoms with Gasteiger partial charge in [0.2, 0.25) is 17.6 Å². The maximum atomic E-state index is 12.2. The maximum Gasteiger partial charge on any atom is 0.379 e. The van der Waals surface area contributed by atoms with Crippen LogP contribution in [0.3, 0.4) is 0 Å². The number of esters is 1. The molecule has 1 N–H and O–H groups in total. The first kappa shape index (κ1) is 20.9. The number of hydrogen-bond donors (Lipinski definition) is 1. The summed E-state index contributed by atoms with van der Waals surface area (Å²) in [5.74, 6) is -0.792. The number of halogens is 1. The zero-order valence-corrected chi connectivity index (χ0v) is 18.0. The highest BCUT2D eigenvalue weighted by Gasteiger charge is 2.33. The lowest BCUT2D eigenvalue weighted by Crippen LogP contribution is -2.25. The van der Waals surface area contributed by atoms with Crippen LogP contribution in [0.2, 0.25) is 0 Å². The fourth-order valence-electron chi connectivity index (χ4n) is 2.50. The number of methoxy groups -OCH3 is 1. The summed E-state index contributed by atoms with van der Waals surface area (Å²) in [4.78, 5) is 35.6. The van der Waals surface area contributed by atoms with Gasteiger partial charge in [-0.3, -0.25) is 9.59 Å². The van der Waals surface area contributed by atoms with E-state index >= 15 is 0 Å². The zero-order valence-electron chi connectivity index (χ0n) is 15.6. The van der Waals surface area contributed by atoms with Gasteiger partial charge in [0.05, 0.1) is 17.8 Å². The Morgan fingerprint density at radius 3 is 2.66 bits per heavy atom. The van der Waals surface area contributed by atoms with Gasteiger partial charge in [0.25, 0.3) is 0 Å². The molecule has 0 aliphatic carbocycles. The van der Waals surface area contributed by atoms with Gasteiger partial charge < -0.3 is 19.2 Å². The normalized spacial score (nSPS) is 15.7. The van der Waals surface area contributed by atoms with E-state index in [1.165, 1.54) is 50.1 Å². The van der Waals surface area contributed by atoms with Crippen LogP contribution in [0.5, 0.6) is 11.5 Å².